The molecule has 2 aliphatic heterocycles. The first-order valence-electron chi connectivity index (χ1n) is 9.29. The van der Waals surface area contributed by atoms with Gasteiger partial charge in [-0.3, -0.25) is 9.59 Å². The molecule has 1 aromatic heterocycles. The molecule has 1 saturated carbocycles. The summed E-state index contributed by atoms with van der Waals surface area (Å²) >= 11 is 0. The molecule has 0 amide bonds. The number of hydrogen-bond acceptors (Lipinski definition) is 5. The third kappa shape index (κ3) is 3.38. The number of nitrogens with one attached hydrogen (secondary N) is 1. The van der Waals surface area contributed by atoms with E-state index in [0.29, 0.717) is 24.3 Å². The average molecular weight is 401 g/mol. The van der Waals surface area contributed by atoms with Crippen molar-refractivity contribution in [3.05, 3.63) is 51.1 Å². The molecule has 1 aliphatic carbocycles. The van der Waals surface area contributed by atoms with Crippen molar-refractivity contribution in [3.63, 3.8) is 0 Å². The van der Waals surface area contributed by atoms with Crippen LogP contribution in [0.15, 0.2) is 34.3 Å². The fourth-order valence-electron chi connectivity index (χ4n) is 4.04. The molecule has 0 spiro atoms. The second-order valence-electron chi connectivity index (χ2n) is 7.41. The van der Waals surface area contributed by atoms with Gasteiger partial charge in [-0.2, -0.15) is 0 Å². The van der Waals surface area contributed by atoms with Gasteiger partial charge in [-0.05, 0) is 36.1 Å². The Balaban J connectivity index is 0.000000645. The summed E-state index contributed by atoms with van der Waals surface area (Å²) in [6.45, 7) is 2.81. The number of pyridine rings is 1. The van der Waals surface area contributed by atoms with Crippen LogP contribution >= 0.6 is 0 Å². The van der Waals surface area contributed by atoms with Crippen LogP contribution in [0.3, 0.4) is 0 Å². The molecule has 5 rings (SSSR count). The van der Waals surface area contributed by atoms with E-state index in [2.05, 4.69) is 5.32 Å². The van der Waals surface area contributed by atoms with Gasteiger partial charge in [-0.25, -0.2) is 9.18 Å². The molecule has 3 N–H and O–H groups in total. The Morgan fingerprint density at radius 1 is 1.21 bits per heavy atom. The molecule has 152 valence electrons. The first kappa shape index (κ1) is 19.1. The van der Waals surface area contributed by atoms with Crippen molar-refractivity contribution in [1.29, 1.82) is 0 Å². The first-order chi connectivity index (χ1) is 13.9. The fourth-order valence-corrected chi connectivity index (χ4v) is 4.04. The van der Waals surface area contributed by atoms with E-state index in [9.17, 15) is 19.1 Å². The van der Waals surface area contributed by atoms with Crippen molar-refractivity contribution >= 4 is 29.0 Å². The molecular formula is C20H20FN3O5. The van der Waals surface area contributed by atoms with Gasteiger partial charge < -0.3 is 25.0 Å². The Bertz CT molecular complexity index is 1090. The largest absolute Gasteiger partial charge is 0.483 e. The summed E-state index contributed by atoms with van der Waals surface area (Å²) in [6, 6.07) is 3.10. The summed E-state index contributed by atoms with van der Waals surface area (Å²) in [7, 11) is 0. The summed E-state index contributed by atoms with van der Waals surface area (Å²) in [5, 5.41) is 19.6. The van der Waals surface area contributed by atoms with Gasteiger partial charge in [0.15, 0.2) is 0 Å². The highest BCUT2D eigenvalue weighted by Gasteiger charge is 2.30. The van der Waals surface area contributed by atoms with Crippen molar-refractivity contribution in [2.24, 2.45) is 0 Å². The van der Waals surface area contributed by atoms with Crippen molar-refractivity contribution in [1.82, 2.24) is 9.88 Å². The van der Waals surface area contributed by atoms with Crippen LogP contribution in [0.1, 0.15) is 29.2 Å². The van der Waals surface area contributed by atoms with Crippen molar-refractivity contribution in [3.8, 4) is 0 Å². The second kappa shape index (κ2) is 7.32. The third-order valence-corrected chi connectivity index (χ3v) is 5.55. The number of benzene rings is 1. The molecule has 9 heteroatoms. The van der Waals surface area contributed by atoms with E-state index < -0.39 is 17.2 Å². The molecule has 29 heavy (non-hydrogen) atoms. The summed E-state index contributed by atoms with van der Waals surface area (Å²) < 4.78 is 16.7. The number of hydrogen-bond donors (Lipinski definition) is 3. The van der Waals surface area contributed by atoms with Crippen LogP contribution in [0.2, 0.25) is 0 Å². The standard InChI is InChI=1S/C19H18FN3O3.CH2O2/c20-15-3-13-16(4-17(15)22-7-10-5-21-6-11(10)8-22)23(12-1-2-12)9-14(18(13)24)19(25)26;2-1-3/h3-4,9,12,21H,1-2,5-8H2,(H,25,26);1H,(H,2,3). The monoisotopic (exact) mass is 401 g/mol. The Morgan fingerprint density at radius 3 is 2.38 bits per heavy atom. The number of carbonyl (C=O) groups is 2. The Hall–Kier alpha value is -3.20. The lowest BCUT2D eigenvalue weighted by Crippen LogP contribution is -2.27. The zero-order valence-electron chi connectivity index (χ0n) is 15.5. The van der Waals surface area contributed by atoms with Gasteiger partial charge in [0.2, 0.25) is 5.43 Å². The normalized spacial score (nSPS) is 17.9. The van der Waals surface area contributed by atoms with Gasteiger partial charge in [-0.15, -0.1) is 0 Å². The predicted octanol–water partition coefficient (Wildman–Crippen LogP) is 1.59. The molecule has 1 fully saturated rings. The topological polar surface area (TPSA) is 112 Å². The maximum atomic E-state index is 14.8. The lowest BCUT2D eigenvalue weighted by molar-refractivity contribution is -0.122. The number of aromatic carboxylic acids is 1. The minimum atomic E-state index is -1.27. The molecule has 0 unspecified atom stereocenters. The smallest absolute Gasteiger partial charge is 0.341 e. The van der Waals surface area contributed by atoms with Gasteiger partial charge in [-0.1, -0.05) is 0 Å². The molecule has 0 bridgehead atoms. The van der Waals surface area contributed by atoms with E-state index in [1.165, 1.54) is 23.4 Å². The summed E-state index contributed by atoms with van der Waals surface area (Å²) in [4.78, 5) is 34.3. The molecular weight excluding hydrogens is 381 g/mol. The molecule has 3 heterocycles. The van der Waals surface area contributed by atoms with Gasteiger partial charge in [0.05, 0.1) is 11.2 Å². The molecule has 8 nitrogen and oxygen atoms in total. The van der Waals surface area contributed by atoms with E-state index in [-0.39, 0.29) is 23.5 Å². The minimum Gasteiger partial charge on any atom is -0.483 e. The second-order valence-corrected chi connectivity index (χ2v) is 7.41. The van der Waals surface area contributed by atoms with Crippen LogP contribution in [-0.4, -0.2) is 53.4 Å². The van der Waals surface area contributed by atoms with Gasteiger partial charge in [0.25, 0.3) is 6.47 Å². The molecule has 0 saturated heterocycles. The Kier molecular flexibility index (Phi) is 4.83. The van der Waals surface area contributed by atoms with Gasteiger partial charge in [0, 0.05) is 43.8 Å². The highest BCUT2D eigenvalue weighted by molar-refractivity contribution is 5.93. The number of carboxylic acid groups (broad SMARTS) is 2. The van der Waals surface area contributed by atoms with E-state index in [0.717, 1.165) is 25.9 Å². The van der Waals surface area contributed by atoms with Crippen LogP contribution in [0.5, 0.6) is 0 Å². The number of fused-ring (bicyclic) bond motifs is 1. The molecule has 3 aliphatic rings. The van der Waals surface area contributed by atoms with Crippen LogP contribution in [-0.2, 0) is 4.79 Å². The number of anilines is 1. The number of rotatable bonds is 3. The summed E-state index contributed by atoms with van der Waals surface area (Å²) in [5.41, 5.74) is 2.79. The molecule has 0 radical (unpaired) electrons. The summed E-state index contributed by atoms with van der Waals surface area (Å²) in [6.07, 6.45) is 3.29. The van der Waals surface area contributed by atoms with Crippen molar-refractivity contribution in [2.75, 3.05) is 31.1 Å². The van der Waals surface area contributed by atoms with E-state index in [1.807, 2.05) is 9.47 Å². The fraction of sp³-hybridized carbons (Fsp3) is 0.350. The summed E-state index contributed by atoms with van der Waals surface area (Å²) in [5.74, 6) is -1.75. The van der Waals surface area contributed by atoms with Gasteiger partial charge >= 0.3 is 5.97 Å². The highest BCUT2D eigenvalue weighted by atomic mass is 19.1. The minimum absolute atomic E-state index is 0.138. The quantitative estimate of drug-likeness (QED) is 0.529. The zero-order chi connectivity index (χ0) is 20.7. The number of carboxylic acids is 1. The highest BCUT2D eigenvalue weighted by Crippen LogP contribution is 2.38. The van der Waals surface area contributed by atoms with Crippen LogP contribution < -0.4 is 15.6 Å². The van der Waals surface area contributed by atoms with Crippen LogP contribution in [0, 0.1) is 5.82 Å². The van der Waals surface area contributed by atoms with Crippen molar-refractivity contribution in [2.45, 2.75) is 18.9 Å². The molecule has 2 aromatic rings. The Labute approximate surface area is 164 Å². The maximum Gasteiger partial charge on any atom is 0.341 e. The maximum absolute atomic E-state index is 14.8. The van der Waals surface area contributed by atoms with Gasteiger partial charge in [0.1, 0.15) is 11.4 Å². The van der Waals surface area contributed by atoms with Crippen molar-refractivity contribution < 1.29 is 24.2 Å². The zero-order valence-corrected chi connectivity index (χ0v) is 15.5. The lowest BCUT2D eigenvalue weighted by Gasteiger charge is -2.22. The van der Waals surface area contributed by atoms with Crippen LogP contribution in [0.25, 0.3) is 10.9 Å². The van der Waals surface area contributed by atoms with E-state index in [1.54, 1.807) is 6.07 Å². The Morgan fingerprint density at radius 2 is 1.83 bits per heavy atom. The molecule has 1 aromatic carbocycles. The van der Waals surface area contributed by atoms with Crippen LogP contribution in [0.4, 0.5) is 10.1 Å². The number of aromatic nitrogens is 1. The lowest BCUT2D eigenvalue weighted by atomic mass is 10.1. The average Bonchev–Trinajstić information content (AvgIpc) is 3.29. The predicted molar refractivity (Wildman–Crippen MR) is 104 cm³/mol. The molecule has 0 atom stereocenters. The first-order valence-corrected chi connectivity index (χ1v) is 9.29. The third-order valence-electron chi connectivity index (χ3n) is 5.55. The van der Waals surface area contributed by atoms with E-state index >= 15 is 0 Å². The van der Waals surface area contributed by atoms with E-state index in [4.69, 9.17) is 9.90 Å². The SMILES string of the molecule is O=C(O)c1cn(C2CC2)c2cc(N3CC4=C(CNC4)C3)c(F)cc2c1=O.O=CO. The number of nitrogens with zero attached hydrogens (tertiary/aromatic N) is 2. The number of halogens is 1.